The summed E-state index contributed by atoms with van der Waals surface area (Å²) >= 11 is 5.84. The molecule has 1 amide bonds. The van der Waals surface area contributed by atoms with Gasteiger partial charge in [0.25, 0.3) is 5.91 Å². The fourth-order valence-electron chi connectivity index (χ4n) is 3.98. The highest BCUT2D eigenvalue weighted by Gasteiger charge is 2.45. The number of alkyl halides is 3. The topological polar surface area (TPSA) is 51.3 Å². The maximum Gasteiger partial charge on any atom is 0.431 e. The largest absolute Gasteiger partial charge is 0.431 e. The third kappa shape index (κ3) is 4.01. The van der Waals surface area contributed by atoms with E-state index >= 15 is 0 Å². The number of benzene rings is 1. The van der Waals surface area contributed by atoms with E-state index in [9.17, 15) is 22.4 Å². The molecule has 1 aromatic carbocycles. The molecule has 1 aliphatic carbocycles. The summed E-state index contributed by atoms with van der Waals surface area (Å²) in [4.78, 5) is 14.8. The van der Waals surface area contributed by atoms with Crippen LogP contribution in [-0.2, 0) is 12.7 Å². The average Bonchev–Trinajstić information content (AvgIpc) is 3.38. The second kappa shape index (κ2) is 7.95. The molecular weight excluding hydrogens is 450 g/mol. The Morgan fingerprint density at radius 1 is 1.28 bits per heavy atom. The summed E-state index contributed by atoms with van der Waals surface area (Å²) < 4.78 is 63.2. The van der Waals surface area contributed by atoms with Gasteiger partial charge in [-0.2, -0.15) is 13.2 Å². The standard InChI is InChI=1S/C22H20ClF4N3O2/c1-11-8-14(28-32-11)10-29(3)21(31)19-18(16-7-4-13(23)9-17(16)24)12(2)20(22(25,26)27)30(19)15-5-6-15/h4,7-9,15H,5-6,10H2,1-3H3. The molecule has 1 aliphatic rings. The quantitative estimate of drug-likeness (QED) is 0.419. The molecule has 0 saturated heterocycles. The number of carbonyl (C=O) groups is 1. The Kier molecular flexibility index (Phi) is 5.56. The van der Waals surface area contributed by atoms with Crippen molar-refractivity contribution in [3.63, 3.8) is 0 Å². The predicted molar refractivity (Wildman–Crippen MR) is 110 cm³/mol. The summed E-state index contributed by atoms with van der Waals surface area (Å²) in [5.41, 5.74) is -1.05. The first-order chi connectivity index (χ1) is 15.0. The van der Waals surface area contributed by atoms with E-state index < -0.39 is 29.6 Å². The summed E-state index contributed by atoms with van der Waals surface area (Å²) in [5, 5.41) is 3.94. The Labute approximate surface area is 186 Å². The van der Waals surface area contributed by atoms with Crippen LogP contribution in [0.1, 0.15) is 52.1 Å². The molecule has 2 aromatic heterocycles. The lowest BCUT2D eigenvalue weighted by molar-refractivity contribution is -0.144. The van der Waals surface area contributed by atoms with E-state index in [1.165, 1.54) is 31.0 Å². The molecule has 0 spiro atoms. The van der Waals surface area contributed by atoms with E-state index in [1.54, 1.807) is 13.0 Å². The van der Waals surface area contributed by atoms with Crippen LogP contribution >= 0.6 is 11.6 Å². The Hall–Kier alpha value is -2.81. The fraction of sp³-hybridized carbons (Fsp3) is 0.364. The molecule has 3 aromatic rings. The Bertz CT molecular complexity index is 1190. The summed E-state index contributed by atoms with van der Waals surface area (Å²) in [6.07, 6.45) is -3.71. The second-order valence-electron chi connectivity index (χ2n) is 8.01. The zero-order valence-electron chi connectivity index (χ0n) is 17.6. The monoisotopic (exact) mass is 469 g/mol. The first-order valence-corrected chi connectivity index (χ1v) is 10.3. The van der Waals surface area contributed by atoms with Crippen LogP contribution in [-0.4, -0.2) is 27.6 Å². The molecule has 170 valence electrons. The van der Waals surface area contributed by atoms with Gasteiger partial charge >= 0.3 is 6.18 Å². The van der Waals surface area contributed by atoms with Gasteiger partial charge in [0.1, 0.15) is 28.7 Å². The lowest BCUT2D eigenvalue weighted by Crippen LogP contribution is -2.29. The molecule has 0 N–H and O–H groups in total. The molecular formula is C22H20ClF4N3O2. The second-order valence-corrected chi connectivity index (χ2v) is 8.45. The lowest BCUT2D eigenvalue weighted by Gasteiger charge is -2.20. The number of hydrogen-bond donors (Lipinski definition) is 0. The smallest absolute Gasteiger partial charge is 0.361 e. The Balaban J connectivity index is 1.92. The number of rotatable bonds is 5. The van der Waals surface area contributed by atoms with E-state index in [0.29, 0.717) is 24.3 Å². The molecule has 1 saturated carbocycles. The van der Waals surface area contributed by atoms with Gasteiger partial charge in [-0.25, -0.2) is 4.39 Å². The fourth-order valence-corrected chi connectivity index (χ4v) is 4.13. The third-order valence-corrected chi connectivity index (χ3v) is 5.69. The van der Waals surface area contributed by atoms with Gasteiger partial charge in [-0.05, 0) is 50.5 Å². The zero-order chi connectivity index (χ0) is 23.4. The number of halogens is 5. The van der Waals surface area contributed by atoms with Crippen molar-refractivity contribution in [1.29, 1.82) is 0 Å². The number of aromatic nitrogens is 2. The van der Waals surface area contributed by atoms with Gasteiger partial charge in [-0.3, -0.25) is 4.79 Å². The Morgan fingerprint density at radius 3 is 2.50 bits per heavy atom. The molecule has 0 atom stereocenters. The minimum absolute atomic E-state index is 0.0228. The number of hydrogen-bond acceptors (Lipinski definition) is 3. The van der Waals surface area contributed by atoms with Crippen LogP contribution in [0.2, 0.25) is 5.02 Å². The maximum atomic E-state index is 14.8. The minimum atomic E-state index is -4.72. The molecule has 0 unspecified atom stereocenters. The van der Waals surface area contributed by atoms with Crippen molar-refractivity contribution in [1.82, 2.24) is 14.6 Å². The van der Waals surface area contributed by atoms with Crippen molar-refractivity contribution in [2.75, 3.05) is 7.05 Å². The molecule has 4 rings (SSSR count). The van der Waals surface area contributed by atoms with E-state index in [-0.39, 0.29) is 34.0 Å². The van der Waals surface area contributed by atoms with E-state index in [0.717, 1.165) is 10.6 Å². The number of amides is 1. The van der Waals surface area contributed by atoms with Crippen LogP contribution < -0.4 is 0 Å². The SMILES string of the molecule is Cc1cc(CN(C)C(=O)c2c(-c3ccc(Cl)cc3F)c(C)c(C(F)(F)F)n2C2CC2)no1. The van der Waals surface area contributed by atoms with Crippen molar-refractivity contribution >= 4 is 17.5 Å². The van der Waals surface area contributed by atoms with Crippen molar-refractivity contribution < 1.29 is 26.9 Å². The highest BCUT2D eigenvalue weighted by molar-refractivity contribution is 6.30. The van der Waals surface area contributed by atoms with Crippen molar-refractivity contribution in [3.8, 4) is 11.1 Å². The first kappa shape index (κ1) is 22.4. The van der Waals surface area contributed by atoms with Crippen molar-refractivity contribution in [2.45, 2.75) is 45.5 Å². The Morgan fingerprint density at radius 2 is 1.97 bits per heavy atom. The molecule has 5 nitrogen and oxygen atoms in total. The van der Waals surface area contributed by atoms with Crippen LogP contribution in [0.15, 0.2) is 28.8 Å². The van der Waals surface area contributed by atoms with Crippen LogP contribution in [0.25, 0.3) is 11.1 Å². The van der Waals surface area contributed by atoms with Gasteiger partial charge in [0.2, 0.25) is 0 Å². The van der Waals surface area contributed by atoms with Crippen molar-refractivity contribution in [2.24, 2.45) is 0 Å². The lowest BCUT2D eigenvalue weighted by atomic mass is 9.99. The van der Waals surface area contributed by atoms with Gasteiger partial charge in [0.15, 0.2) is 0 Å². The van der Waals surface area contributed by atoms with Crippen LogP contribution in [0.5, 0.6) is 0 Å². The number of nitrogens with zero attached hydrogens (tertiary/aromatic N) is 3. The minimum Gasteiger partial charge on any atom is -0.361 e. The summed E-state index contributed by atoms with van der Waals surface area (Å²) in [6.45, 7) is 2.98. The molecule has 1 fully saturated rings. The van der Waals surface area contributed by atoms with Crippen LogP contribution in [0.4, 0.5) is 17.6 Å². The van der Waals surface area contributed by atoms with Gasteiger partial charge in [-0.1, -0.05) is 16.8 Å². The third-order valence-electron chi connectivity index (χ3n) is 5.46. The summed E-state index contributed by atoms with van der Waals surface area (Å²) in [5.74, 6) is -0.923. The summed E-state index contributed by atoms with van der Waals surface area (Å²) in [6, 6.07) is 4.87. The number of carbonyl (C=O) groups excluding carboxylic acids is 1. The molecule has 0 radical (unpaired) electrons. The van der Waals surface area contributed by atoms with Gasteiger partial charge in [-0.15, -0.1) is 0 Å². The normalized spacial score (nSPS) is 14.1. The van der Waals surface area contributed by atoms with Crippen molar-refractivity contribution in [3.05, 3.63) is 63.5 Å². The molecule has 10 heteroatoms. The highest BCUT2D eigenvalue weighted by Crippen LogP contribution is 2.48. The summed E-state index contributed by atoms with van der Waals surface area (Å²) in [7, 11) is 1.46. The molecule has 32 heavy (non-hydrogen) atoms. The van der Waals surface area contributed by atoms with Crippen LogP contribution in [0.3, 0.4) is 0 Å². The molecule has 2 heterocycles. The van der Waals surface area contributed by atoms with Gasteiger partial charge < -0.3 is 14.0 Å². The van der Waals surface area contributed by atoms with E-state index in [1.807, 2.05) is 0 Å². The zero-order valence-corrected chi connectivity index (χ0v) is 18.3. The first-order valence-electron chi connectivity index (χ1n) is 9.94. The number of aryl methyl sites for hydroxylation is 1. The maximum absolute atomic E-state index is 14.8. The van der Waals surface area contributed by atoms with E-state index in [2.05, 4.69) is 5.16 Å². The molecule has 0 bridgehead atoms. The molecule has 0 aliphatic heterocycles. The average molecular weight is 470 g/mol. The van der Waals surface area contributed by atoms with Gasteiger partial charge in [0, 0.05) is 35.3 Å². The highest BCUT2D eigenvalue weighted by atomic mass is 35.5. The predicted octanol–water partition coefficient (Wildman–Crippen LogP) is 6.18. The van der Waals surface area contributed by atoms with E-state index in [4.69, 9.17) is 16.1 Å². The van der Waals surface area contributed by atoms with Gasteiger partial charge in [0.05, 0.1) is 6.54 Å². The van der Waals surface area contributed by atoms with Crippen LogP contribution in [0, 0.1) is 19.7 Å².